The summed E-state index contributed by atoms with van der Waals surface area (Å²) in [6, 6.07) is 12.7. The SMILES string of the molecule is N#CC1CN(Cc2ccccc2)C2(CCC2)CO1. The molecule has 0 amide bonds. The minimum atomic E-state index is -0.264. The van der Waals surface area contributed by atoms with Crippen molar-refractivity contribution in [2.24, 2.45) is 0 Å². The maximum Gasteiger partial charge on any atom is 0.156 e. The quantitative estimate of drug-likeness (QED) is 0.798. The Balaban J connectivity index is 1.76. The second kappa shape index (κ2) is 4.72. The molecule has 1 saturated carbocycles. The summed E-state index contributed by atoms with van der Waals surface area (Å²) in [5, 5.41) is 9.03. The molecule has 0 bridgehead atoms. The Hall–Kier alpha value is -1.37. The topological polar surface area (TPSA) is 36.3 Å². The molecule has 0 radical (unpaired) electrons. The van der Waals surface area contributed by atoms with Crippen LogP contribution >= 0.6 is 0 Å². The van der Waals surface area contributed by atoms with Gasteiger partial charge in [-0.2, -0.15) is 5.26 Å². The molecule has 0 aromatic heterocycles. The minimum absolute atomic E-state index is 0.211. The smallest absolute Gasteiger partial charge is 0.156 e. The van der Waals surface area contributed by atoms with E-state index in [1.54, 1.807) is 0 Å². The second-order valence-corrected chi connectivity index (χ2v) is 5.37. The second-order valence-electron chi connectivity index (χ2n) is 5.37. The van der Waals surface area contributed by atoms with Crippen LogP contribution < -0.4 is 0 Å². The zero-order chi connectivity index (χ0) is 12.4. The van der Waals surface area contributed by atoms with Crippen molar-refractivity contribution in [3.8, 4) is 6.07 Å². The monoisotopic (exact) mass is 242 g/mol. The van der Waals surface area contributed by atoms with Crippen LogP contribution in [0, 0.1) is 11.3 Å². The molecule has 1 atom stereocenters. The van der Waals surface area contributed by atoms with Crippen LogP contribution in [0.25, 0.3) is 0 Å². The normalized spacial score (nSPS) is 26.5. The lowest BCUT2D eigenvalue weighted by molar-refractivity contribution is -0.131. The van der Waals surface area contributed by atoms with Gasteiger partial charge >= 0.3 is 0 Å². The zero-order valence-electron chi connectivity index (χ0n) is 10.5. The van der Waals surface area contributed by atoms with Gasteiger partial charge in [0, 0.05) is 18.6 Å². The first-order chi connectivity index (χ1) is 8.82. The van der Waals surface area contributed by atoms with Gasteiger partial charge in [-0.05, 0) is 24.8 Å². The molecule has 3 nitrogen and oxygen atoms in total. The molecule has 1 aliphatic carbocycles. The highest BCUT2D eigenvalue weighted by Crippen LogP contribution is 2.41. The van der Waals surface area contributed by atoms with Crippen LogP contribution in [0.5, 0.6) is 0 Å². The number of morpholine rings is 1. The Morgan fingerprint density at radius 2 is 2.11 bits per heavy atom. The van der Waals surface area contributed by atoms with Gasteiger partial charge in [-0.3, -0.25) is 4.90 Å². The molecular formula is C15H18N2O. The van der Waals surface area contributed by atoms with Crippen molar-refractivity contribution in [3.63, 3.8) is 0 Å². The molecule has 2 fully saturated rings. The van der Waals surface area contributed by atoms with Gasteiger partial charge in [0.2, 0.25) is 0 Å². The van der Waals surface area contributed by atoms with Gasteiger partial charge in [0.05, 0.1) is 12.7 Å². The predicted octanol–water partition coefficient (Wildman–Crippen LogP) is 2.33. The van der Waals surface area contributed by atoms with Crippen molar-refractivity contribution in [2.75, 3.05) is 13.2 Å². The van der Waals surface area contributed by atoms with E-state index in [1.807, 2.05) is 6.07 Å². The van der Waals surface area contributed by atoms with E-state index in [1.165, 1.54) is 24.8 Å². The van der Waals surface area contributed by atoms with Crippen molar-refractivity contribution < 1.29 is 4.74 Å². The highest BCUT2D eigenvalue weighted by Gasteiger charge is 2.46. The number of benzene rings is 1. The molecule has 0 N–H and O–H groups in total. The summed E-state index contributed by atoms with van der Waals surface area (Å²) in [6.45, 7) is 2.39. The highest BCUT2D eigenvalue weighted by atomic mass is 16.5. The van der Waals surface area contributed by atoms with Gasteiger partial charge in [0.15, 0.2) is 6.10 Å². The molecule has 1 aromatic carbocycles. The van der Waals surface area contributed by atoms with Gasteiger partial charge in [0.1, 0.15) is 0 Å². The van der Waals surface area contributed by atoms with E-state index in [9.17, 15) is 0 Å². The summed E-state index contributed by atoms with van der Waals surface area (Å²) in [4.78, 5) is 2.46. The van der Waals surface area contributed by atoms with Crippen LogP contribution in [-0.4, -0.2) is 29.7 Å². The Bertz CT molecular complexity index is 447. The standard InChI is InChI=1S/C15H18N2O/c16-9-14-11-17(10-13-5-2-1-3-6-13)15(12-18-14)7-4-8-15/h1-3,5-6,14H,4,7-8,10-12H2. The molecular weight excluding hydrogens is 224 g/mol. The van der Waals surface area contributed by atoms with E-state index in [0.29, 0.717) is 0 Å². The van der Waals surface area contributed by atoms with E-state index >= 15 is 0 Å². The number of nitrogens with zero attached hydrogens (tertiary/aromatic N) is 2. The van der Waals surface area contributed by atoms with E-state index in [-0.39, 0.29) is 11.6 Å². The summed E-state index contributed by atoms with van der Waals surface area (Å²) in [7, 11) is 0. The Morgan fingerprint density at radius 3 is 2.72 bits per heavy atom. The largest absolute Gasteiger partial charge is 0.360 e. The summed E-state index contributed by atoms with van der Waals surface area (Å²) in [5.74, 6) is 0. The van der Waals surface area contributed by atoms with Crippen molar-refractivity contribution in [1.82, 2.24) is 4.90 Å². The fourth-order valence-electron chi connectivity index (χ4n) is 2.95. The van der Waals surface area contributed by atoms with Gasteiger partial charge in [-0.15, -0.1) is 0 Å². The lowest BCUT2D eigenvalue weighted by atomic mass is 9.74. The van der Waals surface area contributed by atoms with Gasteiger partial charge in [0.25, 0.3) is 0 Å². The number of nitriles is 1. The van der Waals surface area contributed by atoms with E-state index < -0.39 is 0 Å². The molecule has 1 unspecified atom stereocenters. The summed E-state index contributed by atoms with van der Waals surface area (Å²) < 4.78 is 5.65. The van der Waals surface area contributed by atoms with Crippen molar-refractivity contribution >= 4 is 0 Å². The maximum absolute atomic E-state index is 9.03. The van der Waals surface area contributed by atoms with Crippen LogP contribution in [0.15, 0.2) is 30.3 Å². The van der Waals surface area contributed by atoms with Crippen LogP contribution in [0.2, 0.25) is 0 Å². The molecule has 2 aliphatic rings. The molecule has 1 heterocycles. The Kier molecular flexibility index (Phi) is 3.07. The fourth-order valence-corrected chi connectivity index (χ4v) is 2.95. The Morgan fingerprint density at radius 1 is 1.33 bits per heavy atom. The van der Waals surface area contributed by atoms with E-state index in [0.717, 1.165) is 19.7 Å². The average Bonchev–Trinajstić information content (AvgIpc) is 2.38. The summed E-state index contributed by atoms with van der Waals surface area (Å²) in [6.07, 6.45) is 3.43. The third-order valence-electron chi connectivity index (χ3n) is 4.25. The number of rotatable bonds is 2. The molecule has 3 heteroatoms. The zero-order valence-corrected chi connectivity index (χ0v) is 10.5. The van der Waals surface area contributed by atoms with Gasteiger partial charge in [-0.1, -0.05) is 30.3 Å². The van der Waals surface area contributed by atoms with Crippen LogP contribution in [0.4, 0.5) is 0 Å². The third kappa shape index (κ3) is 2.03. The lowest BCUT2D eigenvalue weighted by Gasteiger charge is -2.53. The van der Waals surface area contributed by atoms with Gasteiger partial charge in [-0.25, -0.2) is 0 Å². The lowest BCUT2D eigenvalue weighted by Crippen LogP contribution is -2.62. The number of hydrogen-bond donors (Lipinski definition) is 0. The molecule has 3 rings (SSSR count). The third-order valence-corrected chi connectivity index (χ3v) is 4.25. The maximum atomic E-state index is 9.03. The first-order valence-electron chi connectivity index (χ1n) is 6.63. The fraction of sp³-hybridized carbons (Fsp3) is 0.533. The molecule has 1 spiro atoms. The van der Waals surface area contributed by atoms with Crippen LogP contribution in [-0.2, 0) is 11.3 Å². The Labute approximate surface area is 108 Å². The summed E-state index contributed by atoms with van der Waals surface area (Å²) in [5.41, 5.74) is 1.53. The molecule has 1 aliphatic heterocycles. The molecule has 94 valence electrons. The first-order valence-corrected chi connectivity index (χ1v) is 6.63. The predicted molar refractivity (Wildman–Crippen MR) is 68.8 cm³/mol. The average molecular weight is 242 g/mol. The first kappa shape index (κ1) is 11.7. The van der Waals surface area contributed by atoms with Crippen molar-refractivity contribution in [2.45, 2.75) is 37.5 Å². The highest BCUT2D eigenvalue weighted by molar-refractivity contribution is 5.16. The van der Waals surface area contributed by atoms with E-state index in [2.05, 4.69) is 35.2 Å². The van der Waals surface area contributed by atoms with Crippen molar-refractivity contribution in [3.05, 3.63) is 35.9 Å². The summed E-state index contributed by atoms with van der Waals surface area (Å²) >= 11 is 0. The van der Waals surface area contributed by atoms with Crippen molar-refractivity contribution in [1.29, 1.82) is 5.26 Å². The van der Waals surface area contributed by atoms with E-state index in [4.69, 9.17) is 10.00 Å². The van der Waals surface area contributed by atoms with Crippen LogP contribution in [0.1, 0.15) is 24.8 Å². The number of ether oxygens (including phenoxy) is 1. The minimum Gasteiger partial charge on any atom is -0.360 e. The van der Waals surface area contributed by atoms with Gasteiger partial charge < -0.3 is 4.74 Å². The number of hydrogen-bond acceptors (Lipinski definition) is 3. The molecule has 1 aromatic rings. The van der Waals surface area contributed by atoms with Crippen LogP contribution in [0.3, 0.4) is 0 Å². The molecule has 18 heavy (non-hydrogen) atoms. The molecule has 1 saturated heterocycles.